The van der Waals surface area contributed by atoms with Crippen molar-refractivity contribution in [2.24, 2.45) is 0 Å². The average molecular weight is 208 g/mol. The third-order valence-corrected chi connectivity index (χ3v) is 4.29. The quantitative estimate of drug-likeness (QED) is 0.505. The van der Waals surface area contributed by atoms with Crippen molar-refractivity contribution < 1.29 is 0 Å². The van der Waals surface area contributed by atoms with Gasteiger partial charge < -0.3 is 0 Å². The fraction of sp³-hybridized carbons (Fsp3) is 0. The Kier molecular flexibility index (Phi) is 3.01. The topological polar surface area (TPSA) is 0 Å². The van der Waals surface area contributed by atoms with Gasteiger partial charge in [-0.2, -0.15) is 0 Å². The number of benzene rings is 2. The Bertz CT molecular complexity index is 480. The number of terminal acetylenes is 1. The van der Waals surface area contributed by atoms with E-state index in [1.165, 1.54) is 10.4 Å². The summed E-state index contributed by atoms with van der Waals surface area (Å²) in [6.45, 7) is 0. The maximum atomic E-state index is 5.48. The van der Waals surface area contributed by atoms with E-state index in [1.807, 2.05) is 18.2 Å². The highest BCUT2D eigenvalue weighted by molar-refractivity contribution is 6.67. The van der Waals surface area contributed by atoms with Gasteiger partial charge in [0.2, 0.25) is 0 Å². The van der Waals surface area contributed by atoms with Crippen LogP contribution in [0.15, 0.2) is 54.6 Å². The zero-order valence-corrected chi connectivity index (χ0v) is 9.89. The fourth-order valence-electron chi connectivity index (χ4n) is 1.63. The van der Waals surface area contributed by atoms with Crippen LogP contribution in [-0.4, -0.2) is 9.52 Å². The van der Waals surface area contributed by atoms with E-state index in [0.717, 1.165) is 5.56 Å². The standard InChI is InChI=1S/C14H12Si/c1-2-12-8-6-7-11-14(12)15-13-9-4-3-5-10-13/h1,3-11H,15H2. The highest BCUT2D eigenvalue weighted by Crippen LogP contribution is 1.93. The minimum atomic E-state index is -0.417. The Labute approximate surface area is 92.8 Å². The van der Waals surface area contributed by atoms with Gasteiger partial charge in [-0.05, 0) is 11.3 Å². The van der Waals surface area contributed by atoms with Crippen molar-refractivity contribution in [1.29, 1.82) is 0 Å². The Balaban J connectivity index is 2.29. The molecule has 15 heavy (non-hydrogen) atoms. The maximum absolute atomic E-state index is 5.48. The van der Waals surface area contributed by atoms with Crippen LogP contribution in [-0.2, 0) is 0 Å². The molecule has 0 aromatic heterocycles. The third kappa shape index (κ3) is 2.37. The molecule has 0 spiro atoms. The highest BCUT2D eigenvalue weighted by Gasteiger charge is 2.00. The molecular weight excluding hydrogens is 196 g/mol. The van der Waals surface area contributed by atoms with Crippen molar-refractivity contribution in [3.8, 4) is 12.3 Å². The van der Waals surface area contributed by atoms with Crippen LogP contribution in [0.25, 0.3) is 0 Å². The van der Waals surface area contributed by atoms with Crippen molar-refractivity contribution in [3.05, 3.63) is 60.2 Å². The van der Waals surface area contributed by atoms with Crippen molar-refractivity contribution in [3.63, 3.8) is 0 Å². The first kappa shape index (κ1) is 9.76. The predicted octanol–water partition coefficient (Wildman–Crippen LogP) is 0.787. The van der Waals surface area contributed by atoms with Gasteiger partial charge in [0.1, 0.15) is 0 Å². The minimum Gasteiger partial charge on any atom is -0.115 e. The summed E-state index contributed by atoms with van der Waals surface area (Å²) in [5.41, 5.74) is 1.05. The second-order valence-electron chi connectivity index (χ2n) is 3.46. The zero-order valence-electron chi connectivity index (χ0n) is 8.48. The lowest BCUT2D eigenvalue weighted by Crippen LogP contribution is -2.28. The molecule has 0 nitrogen and oxygen atoms in total. The molecule has 1 heteroatoms. The summed E-state index contributed by atoms with van der Waals surface area (Å²) < 4.78 is 0. The lowest BCUT2D eigenvalue weighted by molar-refractivity contribution is 1.70. The van der Waals surface area contributed by atoms with Crippen molar-refractivity contribution in [2.75, 3.05) is 0 Å². The second-order valence-corrected chi connectivity index (χ2v) is 5.40. The van der Waals surface area contributed by atoms with E-state index in [1.54, 1.807) is 0 Å². The van der Waals surface area contributed by atoms with Gasteiger partial charge >= 0.3 is 0 Å². The monoisotopic (exact) mass is 208 g/mol. The Morgan fingerprint density at radius 3 is 2.27 bits per heavy atom. The summed E-state index contributed by atoms with van der Waals surface area (Å²) in [5.74, 6) is 2.75. The normalized spacial score (nSPS) is 10.3. The van der Waals surface area contributed by atoms with Gasteiger partial charge in [-0.1, -0.05) is 59.6 Å². The fourth-order valence-corrected chi connectivity index (χ4v) is 3.24. The van der Waals surface area contributed by atoms with Gasteiger partial charge in [-0.3, -0.25) is 0 Å². The molecule has 2 rings (SSSR count). The van der Waals surface area contributed by atoms with E-state index < -0.39 is 9.52 Å². The van der Waals surface area contributed by atoms with Crippen LogP contribution in [0.3, 0.4) is 0 Å². The lowest BCUT2D eigenvalue weighted by atomic mass is 10.2. The molecule has 0 saturated heterocycles. The van der Waals surface area contributed by atoms with Gasteiger partial charge in [0.25, 0.3) is 0 Å². The van der Waals surface area contributed by atoms with E-state index in [0.29, 0.717) is 0 Å². The molecule has 0 atom stereocenters. The molecule has 0 fully saturated rings. The smallest absolute Gasteiger partial charge is 0.0891 e. The second kappa shape index (κ2) is 4.63. The van der Waals surface area contributed by atoms with Crippen molar-refractivity contribution >= 4 is 19.9 Å². The summed E-state index contributed by atoms with van der Waals surface area (Å²) in [5, 5.41) is 2.78. The summed E-state index contributed by atoms with van der Waals surface area (Å²) in [6, 6.07) is 18.8. The van der Waals surface area contributed by atoms with E-state index in [9.17, 15) is 0 Å². The van der Waals surface area contributed by atoms with Gasteiger partial charge in [-0.15, -0.1) is 6.42 Å². The summed E-state index contributed by atoms with van der Waals surface area (Å²) in [6.07, 6.45) is 5.48. The maximum Gasteiger partial charge on any atom is 0.0891 e. The first-order valence-electron chi connectivity index (χ1n) is 4.98. The van der Waals surface area contributed by atoms with Gasteiger partial charge in [-0.25, -0.2) is 0 Å². The Morgan fingerprint density at radius 2 is 1.53 bits per heavy atom. The SMILES string of the molecule is C#Cc1ccccc1[SiH2]c1ccccc1. The molecule has 72 valence electrons. The van der Waals surface area contributed by atoms with E-state index in [2.05, 4.69) is 42.3 Å². The van der Waals surface area contributed by atoms with Crippen LogP contribution >= 0.6 is 0 Å². The molecule has 0 unspecified atom stereocenters. The largest absolute Gasteiger partial charge is 0.115 e. The summed E-state index contributed by atoms with van der Waals surface area (Å²) in [7, 11) is -0.417. The zero-order chi connectivity index (χ0) is 10.5. The van der Waals surface area contributed by atoms with Crippen LogP contribution in [0, 0.1) is 12.3 Å². The number of hydrogen-bond donors (Lipinski definition) is 0. The molecule has 2 aromatic rings. The number of rotatable bonds is 2. The molecular formula is C14H12Si. The van der Waals surface area contributed by atoms with E-state index >= 15 is 0 Å². The lowest BCUT2D eigenvalue weighted by Gasteiger charge is -2.03. The molecule has 0 bridgehead atoms. The van der Waals surface area contributed by atoms with Crippen LogP contribution in [0.4, 0.5) is 0 Å². The number of hydrogen-bond acceptors (Lipinski definition) is 0. The van der Waals surface area contributed by atoms with Gasteiger partial charge in [0, 0.05) is 5.56 Å². The minimum absolute atomic E-state index is 0.417. The molecule has 0 heterocycles. The van der Waals surface area contributed by atoms with E-state index in [4.69, 9.17) is 6.42 Å². The Morgan fingerprint density at radius 1 is 0.867 bits per heavy atom. The average Bonchev–Trinajstić information content (AvgIpc) is 2.31. The molecule has 0 amide bonds. The van der Waals surface area contributed by atoms with Gasteiger partial charge in [0.15, 0.2) is 0 Å². The van der Waals surface area contributed by atoms with Crippen LogP contribution < -0.4 is 10.4 Å². The molecule has 2 aromatic carbocycles. The molecule has 0 aliphatic carbocycles. The summed E-state index contributed by atoms with van der Waals surface area (Å²) in [4.78, 5) is 0. The Hall–Kier alpha value is -1.78. The molecule has 0 radical (unpaired) electrons. The van der Waals surface area contributed by atoms with Crippen LogP contribution in [0.2, 0.25) is 0 Å². The van der Waals surface area contributed by atoms with Crippen molar-refractivity contribution in [2.45, 2.75) is 0 Å². The van der Waals surface area contributed by atoms with Crippen LogP contribution in [0.1, 0.15) is 5.56 Å². The molecule has 0 N–H and O–H groups in total. The predicted molar refractivity (Wildman–Crippen MR) is 68.6 cm³/mol. The first-order valence-corrected chi connectivity index (χ1v) is 6.40. The highest BCUT2D eigenvalue weighted by atomic mass is 28.2. The third-order valence-electron chi connectivity index (χ3n) is 2.41. The first-order chi connectivity index (χ1) is 7.40. The summed E-state index contributed by atoms with van der Waals surface area (Å²) >= 11 is 0. The van der Waals surface area contributed by atoms with Gasteiger partial charge in [0.05, 0.1) is 9.52 Å². The molecule has 0 aliphatic heterocycles. The van der Waals surface area contributed by atoms with Crippen molar-refractivity contribution in [1.82, 2.24) is 0 Å². The molecule has 0 aliphatic rings. The van der Waals surface area contributed by atoms with E-state index in [-0.39, 0.29) is 0 Å². The molecule has 0 saturated carbocycles. The van der Waals surface area contributed by atoms with Crippen LogP contribution in [0.5, 0.6) is 0 Å².